The molecule has 0 amide bonds. The van der Waals surface area contributed by atoms with Gasteiger partial charge >= 0.3 is 0 Å². The topological polar surface area (TPSA) is 15.3 Å². The standard InChI is InChI=1S/C22H28N2/c1-5-18-14-19(9-10-22(18)24-11-7-6-8-12-24)21-13-17(4)20(15-23-21)16(2)3/h9-10,13-15,23H,2,4-8,11-12H2,1,3H3. The molecule has 1 fully saturated rings. The normalized spacial score (nSPS) is 17.9. The summed E-state index contributed by atoms with van der Waals surface area (Å²) in [4.78, 5) is 2.55. The van der Waals surface area contributed by atoms with Crippen molar-refractivity contribution in [2.24, 2.45) is 0 Å². The van der Waals surface area contributed by atoms with Gasteiger partial charge < -0.3 is 10.2 Å². The van der Waals surface area contributed by atoms with Crippen LogP contribution >= 0.6 is 0 Å². The molecule has 2 heterocycles. The summed E-state index contributed by atoms with van der Waals surface area (Å²) < 4.78 is 0. The maximum atomic E-state index is 4.17. The van der Waals surface area contributed by atoms with E-state index in [0.29, 0.717) is 0 Å². The fourth-order valence-electron chi connectivity index (χ4n) is 3.58. The van der Waals surface area contributed by atoms with Gasteiger partial charge in [-0.3, -0.25) is 0 Å². The van der Waals surface area contributed by atoms with Crippen molar-refractivity contribution in [3.05, 3.63) is 71.5 Å². The lowest BCUT2D eigenvalue weighted by atomic mass is 9.95. The third kappa shape index (κ3) is 3.33. The molecule has 3 rings (SSSR count). The molecule has 0 aliphatic carbocycles. The number of hydrogen-bond acceptors (Lipinski definition) is 2. The number of anilines is 1. The van der Waals surface area contributed by atoms with Crippen LogP contribution in [0.15, 0.2) is 60.4 Å². The molecular weight excluding hydrogens is 292 g/mol. The predicted molar refractivity (Wildman–Crippen MR) is 105 cm³/mol. The van der Waals surface area contributed by atoms with Gasteiger partial charge in [0, 0.05) is 30.7 Å². The van der Waals surface area contributed by atoms with Gasteiger partial charge in [-0.25, -0.2) is 0 Å². The van der Waals surface area contributed by atoms with E-state index in [-0.39, 0.29) is 0 Å². The van der Waals surface area contributed by atoms with E-state index >= 15 is 0 Å². The lowest BCUT2D eigenvalue weighted by Gasteiger charge is -2.31. The predicted octanol–water partition coefficient (Wildman–Crippen LogP) is 5.20. The van der Waals surface area contributed by atoms with Gasteiger partial charge in [0.25, 0.3) is 0 Å². The number of rotatable bonds is 4. The number of aryl methyl sites for hydroxylation is 1. The number of benzene rings is 1. The molecule has 0 radical (unpaired) electrons. The quantitative estimate of drug-likeness (QED) is 0.820. The van der Waals surface area contributed by atoms with Crippen LogP contribution in [0.1, 0.15) is 44.2 Å². The van der Waals surface area contributed by atoms with Crippen LogP contribution in [0.2, 0.25) is 0 Å². The van der Waals surface area contributed by atoms with Crippen LogP contribution in [0, 0.1) is 0 Å². The van der Waals surface area contributed by atoms with Gasteiger partial charge in [0.1, 0.15) is 0 Å². The van der Waals surface area contributed by atoms with Crippen LogP contribution in [0.5, 0.6) is 0 Å². The molecule has 1 aromatic rings. The smallest absolute Gasteiger partial charge is 0.0459 e. The zero-order chi connectivity index (χ0) is 17.1. The van der Waals surface area contributed by atoms with E-state index in [1.807, 2.05) is 13.1 Å². The van der Waals surface area contributed by atoms with Crippen LogP contribution in [-0.4, -0.2) is 13.1 Å². The highest BCUT2D eigenvalue weighted by Crippen LogP contribution is 2.30. The Morgan fingerprint density at radius 3 is 2.58 bits per heavy atom. The molecule has 0 unspecified atom stereocenters. The molecule has 2 aliphatic heterocycles. The van der Waals surface area contributed by atoms with Crippen LogP contribution in [0.4, 0.5) is 5.69 Å². The Morgan fingerprint density at radius 1 is 1.21 bits per heavy atom. The second-order valence-electron chi connectivity index (χ2n) is 6.81. The van der Waals surface area contributed by atoms with E-state index in [1.54, 1.807) is 0 Å². The highest BCUT2D eigenvalue weighted by Gasteiger charge is 2.16. The number of nitrogens with one attached hydrogen (secondary N) is 1. The van der Waals surface area contributed by atoms with E-state index < -0.39 is 0 Å². The number of hydrogen-bond donors (Lipinski definition) is 1. The van der Waals surface area contributed by atoms with Crippen molar-refractivity contribution < 1.29 is 0 Å². The lowest BCUT2D eigenvalue weighted by Crippen LogP contribution is -2.30. The Balaban J connectivity index is 1.86. The third-order valence-electron chi connectivity index (χ3n) is 4.96. The Labute approximate surface area is 146 Å². The summed E-state index contributed by atoms with van der Waals surface area (Å²) in [6.45, 7) is 14.8. The number of allylic oxidation sites excluding steroid dienone is 4. The summed E-state index contributed by atoms with van der Waals surface area (Å²) in [7, 11) is 0. The van der Waals surface area contributed by atoms with E-state index in [0.717, 1.165) is 28.8 Å². The molecule has 2 nitrogen and oxygen atoms in total. The summed E-state index contributed by atoms with van der Waals surface area (Å²) in [5.74, 6) is 0. The van der Waals surface area contributed by atoms with E-state index in [1.165, 1.54) is 49.2 Å². The van der Waals surface area contributed by atoms with Crippen molar-refractivity contribution in [1.82, 2.24) is 5.32 Å². The minimum Gasteiger partial charge on any atom is -0.371 e. The molecule has 24 heavy (non-hydrogen) atoms. The van der Waals surface area contributed by atoms with Gasteiger partial charge in [-0.1, -0.05) is 26.1 Å². The average Bonchev–Trinajstić information content (AvgIpc) is 2.61. The fraction of sp³-hybridized carbons (Fsp3) is 0.364. The summed E-state index contributed by atoms with van der Waals surface area (Å²) in [6.07, 6.45) is 9.19. The molecule has 2 aliphatic rings. The highest BCUT2D eigenvalue weighted by molar-refractivity contribution is 5.75. The minimum atomic E-state index is 1.02. The first-order chi connectivity index (χ1) is 11.6. The number of nitrogens with zero attached hydrogens (tertiary/aromatic N) is 1. The second-order valence-corrected chi connectivity index (χ2v) is 6.81. The van der Waals surface area contributed by atoms with Gasteiger partial charge in [0.05, 0.1) is 0 Å². The molecule has 2 heteroatoms. The monoisotopic (exact) mass is 320 g/mol. The number of piperidine rings is 1. The van der Waals surface area contributed by atoms with Crippen molar-refractivity contribution in [3.63, 3.8) is 0 Å². The van der Waals surface area contributed by atoms with Gasteiger partial charge in [-0.15, -0.1) is 0 Å². The zero-order valence-electron chi connectivity index (χ0n) is 15.0. The molecule has 0 aromatic heterocycles. The average molecular weight is 320 g/mol. The molecule has 0 atom stereocenters. The Morgan fingerprint density at radius 2 is 1.96 bits per heavy atom. The third-order valence-corrected chi connectivity index (χ3v) is 4.96. The summed E-state index contributed by atoms with van der Waals surface area (Å²) in [5, 5.41) is 3.41. The molecule has 1 saturated heterocycles. The largest absolute Gasteiger partial charge is 0.371 e. The van der Waals surface area contributed by atoms with Crippen molar-refractivity contribution in [2.45, 2.75) is 39.5 Å². The van der Waals surface area contributed by atoms with Gasteiger partial charge in [0.15, 0.2) is 0 Å². The summed E-state index contributed by atoms with van der Waals surface area (Å²) in [6, 6.07) is 6.85. The van der Waals surface area contributed by atoms with Crippen molar-refractivity contribution >= 4 is 11.4 Å². The van der Waals surface area contributed by atoms with Crippen LogP contribution < -0.4 is 10.2 Å². The fourth-order valence-corrected chi connectivity index (χ4v) is 3.58. The molecule has 126 valence electrons. The maximum absolute atomic E-state index is 4.17. The molecule has 0 bridgehead atoms. The maximum Gasteiger partial charge on any atom is 0.0459 e. The molecular formula is C22H28N2. The highest BCUT2D eigenvalue weighted by atomic mass is 15.1. The molecule has 1 aromatic carbocycles. The molecule has 0 spiro atoms. The second kappa shape index (κ2) is 7.12. The van der Waals surface area contributed by atoms with E-state index in [2.05, 4.69) is 54.6 Å². The van der Waals surface area contributed by atoms with E-state index in [4.69, 9.17) is 0 Å². The Bertz CT molecular complexity index is 715. The molecule has 1 N–H and O–H groups in total. The van der Waals surface area contributed by atoms with Crippen molar-refractivity contribution in [3.8, 4) is 0 Å². The Kier molecular flexibility index (Phi) is 4.94. The zero-order valence-corrected chi connectivity index (χ0v) is 15.0. The van der Waals surface area contributed by atoms with Crippen LogP contribution in [0.3, 0.4) is 0 Å². The minimum absolute atomic E-state index is 1.02. The first-order valence-corrected chi connectivity index (χ1v) is 9.02. The lowest BCUT2D eigenvalue weighted by molar-refractivity contribution is 0.576. The first-order valence-electron chi connectivity index (χ1n) is 9.02. The van der Waals surface area contributed by atoms with Crippen LogP contribution in [0.25, 0.3) is 5.70 Å². The first kappa shape index (κ1) is 16.6. The van der Waals surface area contributed by atoms with Crippen molar-refractivity contribution in [2.75, 3.05) is 18.0 Å². The summed E-state index contributed by atoms with van der Waals surface area (Å²) in [5.41, 5.74) is 8.34. The molecule has 0 saturated carbocycles. The van der Waals surface area contributed by atoms with Crippen molar-refractivity contribution in [1.29, 1.82) is 0 Å². The Hall–Kier alpha value is -2.22. The van der Waals surface area contributed by atoms with Gasteiger partial charge in [0.2, 0.25) is 0 Å². The number of dihydropyridines is 1. The summed E-state index contributed by atoms with van der Waals surface area (Å²) >= 11 is 0. The van der Waals surface area contributed by atoms with E-state index in [9.17, 15) is 0 Å². The SMILES string of the molecule is C=C(C)C1=CNC(c2ccc(N3CCCCC3)c(CC)c2)=CC1=C. The van der Waals surface area contributed by atoms with Gasteiger partial charge in [-0.05, 0) is 78.7 Å². The van der Waals surface area contributed by atoms with Crippen LogP contribution in [-0.2, 0) is 6.42 Å². The van der Waals surface area contributed by atoms with Gasteiger partial charge in [-0.2, -0.15) is 0 Å².